The molecule has 2 aromatic rings. The standard InChI is InChI=1S/C25H35N2.BrH/c1-20-10-4-7-14-25(20)26(16-15-24-13-8-9-17-27(24,2)3)23-18-21-11-5-6-12-22(21)19-23;/h4-7,10-12,14,23-24H,8-9,13,15-19H2,1-3H3;1H/q+1;/p-1/t24-;/m1./s1. The number of piperidine rings is 1. The zero-order valence-electron chi connectivity index (χ0n) is 17.7. The van der Waals surface area contributed by atoms with Crippen LogP contribution in [0.2, 0.25) is 0 Å². The zero-order valence-corrected chi connectivity index (χ0v) is 19.3. The molecule has 152 valence electrons. The second-order valence-corrected chi connectivity index (χ2v) is 9.25. The summed E-state index contributed by atoms with van der Waals surface area (Å²) in [6.45, 7) is 4.78. The molecule has 0 aromatic heterocycles. The van der Waals surface area contributed by atoms with Gasteiger partial charge < -0.3 is 26.4 Å². The first-order valence-corrected chi connectivity index (χ1v) is 10.8. The van der Waals surface area contributed by atoms with E-state index in [1.54, 1.807) is 11.1 Å². The average Bonchev–Trinajstić information content (AvgIpc) is 3.08. The minimum atomic E-state index is 0. The average molecular weight is 443 g/mol. The van der Waals surface area contributed by atoms with Gasteiger partial charge in [0.1, 0.15) is 0 Å². The van der Waals surface area contributed by atoms with Gasteiger partial charge in [-0.3, -0.25) is 0 Å². The Morgan fingerprint density at radius 3 is 2.21 bits per heavy atom. The van der Waals surface area contributed by atoms with Gasteiger partial charge >= 0.3 is 0 Å². The SMILES string of the molecule is Cc1ccccc1N(CC[C@H]1CCCC[N+]1(C)C)C1Cc2ccccc2C1.[Br-]. The lowest BCUT2D eigenvalue weighted by Crippen LogP contribution is -3.00. The topological polar surface area (TPSA) is 3.24 Å². The fourth-order valence-corrected chi connectivity index (χ4v) is 5.35. The lowest BCUT2D eigenvalue weighted by atomic mass is 9.96. The Morgan fingerprint density at radius 1 is 0.929 bits per heavy atom. The van der Waals surface area contributed by atoms with Gasteiger partial charge in [0.05, 0.1) is 26.7 Å². The molecule has 1 saturated heterocycles. The number of likely N-dealkylation sites (tertiary alicyclic amines) is 1. The van der Waals surface area contributed by atoms with Crippen molar-refractivity contribution in [3.8, 4) is 0 Å². The number of aryl methyl sites for hydroxylation is 1. The highest BCUT2D eigenvalue weighted by atomic mass is 79.9. The normalized spacial score (nSPS) is 21.0. The molecule has 2 aliphatic rings. The predicted molar refractivity (Wildman–Crippen MR) is 115 cm³/mol. The number of nitrogens with zero attached hydrogens (tertiary/aromatic N) is 2. The first-order chi connectivity index (χ1) is 13.0. The van der Waals surface area contributed by atoms with Gasteiger partial charge in [0.25, 0.3) is 0 Å². The molecule has 0 unspecified atom stereocenters. The fourth-order valence-electron chi connectivity index (χ4n) is 5.35. The molecule has 2 nitrogen and oxygen atoms in total. The van der Waals surface area contributed by atoms with E-state index in [2.05, 4.69) is 74.4 Å². The molecule has 2 aromatic carbocycles. The number of para-hydroxylation sites is 1. The Kier molecular flexibility index (Phi) is 6.88. The monoisotopic (exact) mass is 442 g/mol. The molecule has 0 amide bonds. The molecule has 0 N–H and O–H groups in total. The summed E-state index contributed by atoms with van der Waals surface area (Å²) in [6, 6.07) is 19.4. The van der Waals surface area contributed by atoms with Gasteiger partial charge in [0.15, 0.2) is 0 Å². The van der Waals surface area contributed by atoms with E-state index in [-0.39, 0.29) is 17.0 Å². The van der Waals surface area contributed by atoms with Gasteiger partial charge in [-0.2, -0.15) is 0 Å². The minimum absolute atomic E-state index is 0. The number of fused-ring (bicyclic) bond motifs is 1. The van der Waals surface area contributed by atoms with Crippen molar-refractivity contribution in [3.05, 3.63) is 65.2 Å². The van der Waals surface area contributed by atoms with Crippen molar-refractivity contribution in [2.45, 2.75) is 57.5 Å². The van der Waals surface area contributed by atoms with Gasteiger partial charge in [-0.25, -0.2) is 0 Å². The van der Waals surface area contributed by atoms with E-state index in [4.69, 9.17) is 0 Å². The van der Waals surface area contributed by atoms with Crippen LogP contribution >= 0.6 is 0 Å². The summed E-state index contributed by atoms with van der Waals surface area (Å²) in [6.07, 6.45) is 7.86. The largest absolute Gasteiger partial charge is 1.00 e. The Labute approximate surface area is 181 Å². The molecule has 0 bridgehead atoms. The molecule has 4 rings (SSSR count). The number of hydrogen-bond acceptors (Lipinski definition) is 1. The maximum atomic E-state index is 2.74. The molecule has 1 aliphatic heterocycles. The van der Waals surface area contributed by atoms with E-state index in [1.165, 1.54) is 67.3 Å². The molecule has 3 heteroatoms. The van der Waals surface area contributed by atoms with Crippen molar-refractivity contribution >= 4 is 5.69 Å². The van der Waals surface area contributed by atoms with Crippen molar-refractivity contribution in [1.82, 2.24) is 0 Å². The van der Waals surface area contributed by atoms with Gasteiger partial charge in [0.2, 0.25) is 0 Å². The van der Waals surface area contributed by atoms with E-state index in [0.717, 1.165) is 6.04 Å². The lowest BCUT2D eigenvalue weighted by Gasteiger charge is -2.43. The summed E-state index contributed by atoms with van der Waals surface area (Å²) < 4.78 is 1.20. The van der Waals surface area contributed by atoms with Crippen LogP contribution in [0.5, 0.6) is 0 Å². The van der Waals surface area contributed by atoms with E-state index >= 15 is 0 Å². The second kappa shape index (κ2) is 9.00. The number of hydrogen-bond donors (Lipinski definition) is 0. The van der Waals surface area contributed by atoms with Gasteiger partial charge in [-0.1, -0.05) is 42.5 Å². The van der Waals surface area contributed by atoms with Crippen LogP contribution < -0.4 is 21.9 Å². The Morgan fingerprint density at radius 2 is 1.57 bits per heavy atom. The van der Waals surface area contributed by atoms with Crippen LogP contribution in [-0.4, -0.2) is 43.8 Å². The maximum absolute atomic E-state index is 2.74. The van der Waals surface area contributed by atoms with E-state index < -0.39 is 0 Å². The van der Waals surface area contributed by atoms with Crippen LogP contribution in [0.1, 0.15) is 42.4 Å². The van der Waals surface area contributed by atoms with Crippen molar-refractivity contribution < 1.29 is 21.5 Å². The third kappa shape index (κ3) is 4.46. The van der Waals surface area contributed by atoms with Gasteiger partial charge in [-0.05, 0) is 61.8 Å². The van der Waals surface area contributed by atoms with Gasteiger partial charge in [-0.15, -0.1) is 0 Å². The molecular formula is C25H35BrN2. The first-order valence-electron chi connectivity index (χ1n) is 10.8. The molecule has 1 atom stereocenters. The van der Waals surface area contributed by atoms with E-state index in [1.807, 2.05) is 0 Å². The number of rotatable bonds is 5. The van der Waals surface area contributed by atoms with Crippen LogP contribution in [-0.2, 0) is 12.8 Å². The Balaban J connectivity index is 0.00000225. The predicted octanol–water partition coefficient (Wildman–Crippen LogP) is 1.99. The summed E-state index contributed by atoms with van der Waals surface area (Å²) in [7, 11) is 4.88. The molecule has 1 heterocycles. The third-order valence-electron chi connectivity index (χ3n) is 7.11. The highest BCUT2D eigenvalue weighted by Crippen LogP contribution is 2.32. The Bertz CT molecular complexity index is 761. The van der Waals surface area contributed by atoms with E-state index in [0.29, 0.717) is 6.04 Å². The fraction of sp³-hybridized carbons (Fsp3) is 0.520. The summed E-state index contributed by atoms with van der Waals surface area (Å²) in [5.74, 6) is 0. The van der Waals surface area contributed by atoms with Crippen molar-refractivity contribution in [3.63, 3.8) is 0 Å². The van der Waals surface area contributed by atoms with Crippen LogP contribution in [0.3, 0.4) is 0 Å². The summed E-state index contributed by atoms with van der Waals surface area (Å²) in [5, 5.41) is 0. The molecule has 28 heavy (non-hydrogen) atoms. The summed E-state index contributed by atoms with van der Waals surface area (Å²) >= 11 is 0. The molecular weight excluding hydrogens is 408 g/mol. The quantitative estimate of drug-likeness (QED) is 0.639. The number of halogens is 1. The van der Waals surface area contributed by atoms with Crippen molar-refractivity contribution in [2.75, 3.05) is 32.1 Å². The number of anilines is 1. The van der Waals surface area contributed by atoms with Crippen LogP contribution in [0.4, 0.5) is 5.69 Å². The number of quaternary nitrogens is 1. The summed E-state index contributed by atoms with van der Waals surface area (Å²) in [5.41, 5.74) is 5.95. The third-order valence-corrected chi connectivity index (χ3v) is 7.11. The van der Waals surface area contributed by atoms with Crippen molar-refractivity contribution in [1.29, 1.82) is 0 Å². The highest BCUT2D eigenvalue weighted by Gasteiger charge is 2.33. The maximum Gasteiger partial charge on any atom is 0.0903 e. The van der Waals surface area contributed by atoms with Gasteiger partial charge in [0, 0.05) is 24.7 Å². The molecule has 0 spiro atoms. The summed E-state index contributed by atoms with van der Waals surface area (Å²) in [4.78, 5) is 2.74. The minimum Gasteiger partial charge on any atom is -1.00 e. The van der Waals surface area contributed by atoms with E-state index in [9.17, 15) is 0 Å². The highest BCUT2D eigenvalue weighted by molar-refractivity contribution is 5.55. The number of benzene rings is 2. The first kappa shape index (κ1) is 21.4. The van der Waals surface area contributed by atoms with Crippen molar-refractivity contribution in [2.24, 2.45) is 0 Å². The molecule has 0 radical (unpaired) electrons. The molecule has 1 fully saturated rings. The smallest absolute Gasteiger partial charge is 0.0903 e. The van der Waals surface area contributed by atoms with Crippen LogP contribution in [0, 0.1) is 6.92 Å². The second-order valence-electron chi connectivity index (χ2n) is 9.25. The van der Waals surface area contributed by atoms with Crippen LogP contribution in [0.15, 0.2) is 48.5 Å². The Hall–Kier alpha value is -1.32. The zero-order chi connectivity index (χ0) is 18.9. The van der Waals surface area contributed by atoms with Crippen LogP contribution in [0.25, 0.3) is 0 Å². The molecule has 0 saturated carbocycles. The molecule has 1 aliphatic carbocycles. The lowest BCUT2D eigenvalue weighted by molar-refractivity contribution is -0.920.